The van der Waals surface area contributed by atoms with Gasteiger partial charge >= 0.3 is 0 Å². The van der Waals surface area contributed by atoms with Crippen molar-refractivity contribution < 1.29 is 4.74 Å². The first-order valence-corrected chi connectivity index (χ1v) is 6.10. The van der Waals surface area contributed by atoms with Crippen molar-refractivity contribution in [3.8, 4) is 17.0 Å². The molecule has 0 unspecified atom stereocenters. The van der Waals surface area contributed by atoms with Crippen LogP contribution >= 0.6 is 11.6 Å². The Bertz CT molecular complexity index is 551. The highest BCUT2D eigenvalue weighted by Gasteiger charge is 2.09. The maximum Gasteiger partial charge on any atom is 0.137 e. The number of rotatable bonds is 4. The molecule has 2 rings (SSSR count). The topological polar surface area (TPSA) is 53.1 Å². The van der Waals surface area contributed by atoms with Crippen LogP contribution < -0.4 is 10.5 Å². The minimum atomic E-state index is 0.594. The van der Waals surface area contributed by atoms with Crippen LogP contribution in [0.3, 0.4) is 0 Å². The van der Waals surface area contributed by atoms with Crippen molar-refractivity contribution in [3.63, 3.8) is 0 Å². The second kappa shape index (κ2) is 5.42. The van der Waals surface area contributed by atoms with E-state index in [2.05, 4.69) is 5.10 Å². The first-order chi connectivity index (χ1) is 8.65. The molecule has 0 aliphatic carbocycles. The van der Waals surface area contributed by atoms with Crippen molar-refractivity contribution in [3.05, 3.63) is 35.0 Å². The number of benzene rings is 1. The normalized spacial score (nSPS) is 10.7. The lowest BCUT2D eigenvalue weighted by Crippen LogP contribution is -2.03. The van der Waals surface area contributed by atoms with Gasteiger partial charge in [-0.2, -0.15) is 5.10 Å². The van der Waals surface area contributed by atoms with Crippen LogP contribution in [0.5, 0.6) is 5.75 Å². The molecule has 0 bridgehead atoms. The van der Waals surface area contributed by atoms with E-state index in [0.29, 0.717) is 17.3 Å². The summed E-state index contributed by atoms with van der Waals surface area (Å²) in [7, 11) is 3.51. The molecule has 2 aromatic rings. The summed E-state index contributed by atoms with van der Waals surface area (Å²) in [6.45, 7) is 0.597. The molecule has 0 spiro atoms. The van der Waals surface area contributed by atoms with Crippen LogP contribution in [0.2, 0.25) is 5.02 Å². The van der Waals surface area contributed by atoms with Gasteiger partial charge < -0.3 is 10.5 Å². The standard InChI is InChI=1S/C13H16ClN3O/c1-17-12(8-10(16-17)5-6-15)9-3-4-13(18-2)11(14)7-9/h3-4,7-8H,5-6,15H2,1-2H3. The molecule has 0 saturated carbocycles. The number of methoxy groups -OCH3 is 1. The van der Waals surface area contributed by atoms with Crippen molar-refractivity contribution in [1.29, 1.82) is 0 Å². The zero-order chi connectivity index (χ0) is 13.1. The average molecular weight is 266 g/mol. The lowest BCUT2D eigenvalue weighted by Gasteiger charge is -2.06. The largest absolute Gasteiger partial charge is 0.495 e. The number of nitrogens with two attached hydrogens (primary N) is 1. The van der Waals surface area contributed by atoms with Crippen molar-refractivity contribution in [2.24, 2.45) is 12.8 Å². The van der Waals surface area contributed by atoms with E-state index in [-0.39, 0.29) is 0 Å². The number of hydrogen-bond acceptors (Lipinski definition) is 3. The fourth-order valence-corrected chi connectivity index (χ4v) is 2.15. The molecule has 0 radical (unpaired) electrons. The van der Waals surface area contributed by atoms with E-state index in [1.54, 1.807) is 7.11 Å². The summed E-state index contributed by atoms with van der Waals surface area (Å²) >= 11 is 6.13. The predicted molar refractivity (Wildman–Crippen MR) is 73.0 cm³/mol. The van der Waals surface area contributed by atoms with Gasteiger partial charge in [0.05, 0.1) is 23.5 Å². The minimum absolute atomic E-state index is 0.594. The molecule has 5 heteroatoms. The number of nitrogens with zero attached hydrogens (tertiary/aromatic N) is 2. The van der Waals surface area contributed by atoms with Crippen LogP contribution in [0.1, 0.15) is 5.69 Å². The van der Waals surface area contributed by atoms with Crippen LogP contribution in [0.25, 0.3) is 11.3 Å². The average Bonchev–Trinajstić information content (AvgIpc) is 2.71. The highest BCUT2D eigenvalue weighted by Crippen LogP contribution is 2.30. The van der Waals surface area contributed by atoms with Crippen molar-refractivity contribution in [2.45, 2.75) is 6.42 Å². The highest BCUT2D eigenvalue weighted by molar-refractivity contribution is 6.32. The molecule has 1 aromatic heterocycles. The molecular weight excluding hydrogens is 250 g/mol. The van der Waals surface area contributed by atoms with E-state index in [9.17, 15) is 0 Å². The Balaban J connectivity index is 2.39. The van der Waals surface area contributed by atoms with Gasteiger partial charge in [-0.1, -0.05) is 11.6 Å². The Morgan fingerprint density at radius 3 is 2.78 bits per heavy atom. The van der Waals surface area contributed by atoms with Crippen molar-refractivity contribution in [1.82, 2.24) is 9.78 Å². The summed E-state index contributed by atoms with van der Waals surface area (Å²) in [5.41, 5.74) is 8.55. The molecular formula is C13H16ClN3O. The third-order valence-corrected chi connectivity index (χ3v) is 3.07. The molecule has 1 heterocycles. The number of halogens is 1. The zero-order valence-electron chi connectivity index (χ0n) is 10.5. The maximum absolute atomic E-state index is 6.13. The SMILES string of the molecule is COc1ccc(-c2cc(CCN)nn2C)cc1Cl. The molecule has 4 nitrogen and oxygen atoms in total. The fraction of sp³-hybridized carbons (Fsp3) is 0.308. The van der Waals surface area contributed by atoms with E-state index in [1.807, 2.05) is 36.0 Å². The van der Waals surface area contributed by atoms with Gasteiger partial charge in [0, 0.05) is 19.0 Å². The van der Waals surface area contributed by atoms with Crippen molar-refractivity contribution in [2.75, 3.05) is 13.7 Å². The number of aromatic nitrogens is 2. The summed E-state index contributed by atoms with van der Waals surface area (Å²) in [5, 5.41) is 5.01. The minimum Gasteiger partial charge on any atom is -0.495 e. The fourth-order valence-electron chi connectivity index (χ4n) is 1.89. The van der Waals surface area contributed by atoms with Gasteiger partial charge in [0.15, 0.2) is 0 Å². The lowest BCUT2D eigenvalue weighted by molar-refractivity contribution is 0.415. The highest BCUT2D eigenvalue weighted by atomic mass is 35.5. The Morgan fingerprint density at radius 1 is 1.39 bits per heavy atom. The number of aryl methyl sites for hydroxylation is 1. The first-order valence-electron chi connectivity index (χ1n) is 5.72. The van der Waals surface area contributed by atoms with Gasteiger partial charge in [-0.15, -0.1) is 0 Å². The van der Waals surface area contributed by atoms with Crippen LogP contribution in [0, 0.1) is 0 Å². The molecule has 18 heavy (non-hydrogen) atoms. The number of ether oxygens (including phenoxy) is 1. The van der Waals surface area contributed by atoms with Gasteiger partial charge in [-0.05, 0) is 30.8 Å². The third-order valence-electron chi connectivity index (χ3n) is 2.78. The quantitative estimate of drug-likeness (QED) is 0.923. The van der Waals surface area contributed by atoms with Gasteiger partial charge in [-0.3, -0.25) is 4.68 Å². The van der Waals surface area contributed by atoms with Gasteiger partial charge in [0.25, 0.3) is 0 Å². The van der Waals surface area contributed by atoms with Gasteiger partial charge in [0.1, 0.15) is 5.75 Å². The summed E-state index contributed by atoms with van der Waals surface area (Å²) in [4.78, 5) is 0. The number of hydrogen-bond donors (Lipinski definition) is 1. The molecule has 0 atom stereocenters. The van der Waals surface area contributed by atoms with Crippen LogP contribution in [0.15, 0.2) is 24.3 Å². The Labute approximate surface area is 111 Å². The van der Waals surface area contributed by atoms with E-state index in [1.165, 1.54) is 0 Å². The van der Waals surface area contributed by atoms with E-state index < -0.39 is 0 Å². The Kier molecular flexibility index (Phi) is 3.89. The summed E-state index contributed by atoms with van der Waals surface area (Å²) < 4.78 is 6.98. The summed E-state index contributed by atoms with van der Waals surface area (Å²) in [5.74, 6) is 0.671. The summed E-state index contributed by atoms with van der Waals surface area (Å²) in [6.07, 6.45) is 0.776. The van der Waals surface area contributed by atoms with Crippen molar-refractivity contribution >= 4 is 11.6 Å². The monoisotopic (exact) mass is 265 g/mol. The molecule has 1 aromatic carbocycles. The molecule has 2 N–H and O–H groups in total. The van der Waals surface area contributed by atoms with Gasteiger partial charge in [0.2, 0.25) is 0 Å². The molecule has 0 aliphatic heterocycles. The first kappa shape index (κ1) is 12.9. The molecule has 0 amide bonds. The molecule has 0 saturated heterocycles. The maximum atomic E-state index is 6.13. The second-order valence-electron chi connectivity index (χ2n) is 4.03. The molecule has 0 aliphatic rings. The summed E-state index contributed by atoms with van der Waals surface area (Å²) in [6, 6.07) is 7.73. The van der Waals surface area contributed by atoms with E-state index in [4.69, 9.17) is 22.1 Å². The lowest BCUT2D eigenvalue weighted by atomic mass is 10.1. The Hall–Kier alpha value is -1.52. The zero-order valence-corrected chi connectivity index (χ0v) is 11.2. The van der Waals surface area contributed by atoms with Gasteiger partial charge in [-0.25, -0.2) is 0 Å². The second-order valence-corrected chi connectivity index (χ2v) is 4.44. The van der Waals surface area contributed by atoms with Crippen LogP contribution in [0.4, 0.5) is 0 Å². The van der Waals surface area contributed by atoms with Crippen LogP contribution in [-0.4, -0.2) is 23.4 Å². The molecule has 96 valence electrons. The van der Waals surface area contributed by atoms with E-state index >= 15 is 0 Å². The molecule has 0 fully saturated rings. The smallest absolute Gasteiger partial charge is 0.137 e. The van der Waals surface area contributed by atoms with E-state index in [0.717, 1.165) is 23.4 Å². The van der Waals surface area contributed by atoms with Crippen LogP contribution in [-0.2, 0) is 13.5 Å². The third kappa shape index (κ3) is 2.49. The Morgan fingerprint density at radius 2 is 2.17 bits per heavy atom. The predicted octanol–water partition coefficient (Wildman–Crippen LogP) is 2.25.